The highest BCUT2D eigenvalue weighted by atomic mass is 79.9. The van der Waals surface area contributed by atoms with Crippen molar-refractivity contribution < 1.29 is 47.2 Å². The Morgan fingerprint density at radius 1 is 0.783 bits per heavy atom. The largest absolute Gasteiger partial charge is 0.444 e. The smallest absolute Gasteiger partial charge is 0.416 e. The summed E-state index contributed by atoms with van der Waals surface area (Å²) < 4.78 is 54.3. The van der Waals surface area contributed by atoms with Crippen molar-refractivity contribution in [2.24, 2.45) is 0 Å². The Morgan fingerprint density at radius 3 is 1.84 bits per heavy atom. The van der Waals surface area contributed by atoms with Crippen LogP contribution in [0, 0.1) is 6.92 Å². The standard InChI is InChI=1S/C26H31BrF3N7O5.C16H23BrN6O4/c1-15-13-16(26(28,29)30)5-6-17(15)31-19(39)14-36-18(7-12-38)20(21(40)37-23(36)32-22(27)33-37)34-8-10-35(11-9-34)24(41)42-25(2,3)4;1-16(2,3)27-15(26)22-7-5-21(6-8-22)11-10(4-9-24)18-14-19-13(17)20-23(14)12(11)25/h5-6,13,38H,7-12,14H2,1-4H3,(H,31,39);24H,4-9H2,1-3H3,(H,18,19,20). The first-order valence-corrected chi connectivity index (χ1v) is 23.4. The number of carbonyl (C=O) groups excluding carboxylic acids is 3. The van der Waals surface area contributed by atoms with Crippen LogP contribution >= 0.6 is 31.9 Å². The molecule has 0 saturated carbocycles. The number of fused-ring (bicyclic) bond motifs is 2. The zero-order chi connectivity index (χ0) is 50.7. The third-order valence-corrected chi connectivity index (χ3v) is 11.3. The van der Waals surface area contributed by atoms with Gasteiger partial charge in [0.05, 0.1) is 17.0 Å². The summed E-state index contributed by atoms with van der Waals surface area (Å²) in [4.78, 5) is 84.1. The van der Waals surface area contributed by atoms with Gasteiger partial charge in [-0.1, -0.05) is 0 Å². The summed E-state index contributed by atoms with van der Waals surface area (Å²) in [6.07, 6.45) is -5.12. The number of H-pyrrole nitrogens is 1. The van der Waals surface area contributed by atoms with Crippen LogP contribution in [0.3, 0.4) is 0 Å². The van der Waals surface area contributed by atoms with E-state index in [1.54, 1.807) is 30.6 Å². The number of amides is 3. The topological polar surface area (TPSA) is 250 Å². The van der Waals surface area contributed by atoms with Crippen LogP contribution in [0.1, 0.15) is 64.1 Å². The number of hydrogen-bond donors (Lipinski definition) is 4. The van der Waals surface area contributed by atoms with Crippen LogP contribution in [0.4, 0.5) is 39.8 Å². The normalized spacial score (nSPS) is 14.8. The first-order chi connectivity index (χ1) is 32.3. The molecule has 0 bridgehead atoms. The van der Waals surface area contributed by atoms with E-state index < -0.39 is 40.5 Å². The van der Waals surface area contributed by atoms with Crippen LogP contribution in [0.25, 0.3) is 11.6 Å². The van der Waals surface area contributed by atoms with Crippen LogP contribution in [0.15, 0.2) is 37.3 Å². The highest BCUT2D eigenvalue weighted by Crippen LogP contribution is 2.32. The number of nitrogens with zero attached hydrogens (tertiary/aromatic N) is 11. The van der Waals surface area contributed by atoms with Gasteiger partial charge in [0.25, 0.3) is 16.9 Å². The summed E-state index contributed by atoms with van der Waals surface area (Å²) in [5, 5.41) is 28.8. The molecule has 5 aromatic rings. The van der Waals surface area contributed by atoms with Gasteiger partial charge in [0.1, 0.15) is 29.1 Å². The predicted molar refractivity (Wildman–Crippen MR) is 253 cm³/mol. The van der Waals surface area contributed by atoms with E-state index >= 15 is 0 Å². The number of ether oxygens (including phenoxy) is 2. The third kappa shape index (κ3) is 12.7. The van der Waals surface area contributed by atoms with Gasteiger partial charge in [-0.15, -0.1) is 5.10 Å². The molecular weight excluding hydrogens is 1050 g/mol. The lowest BCUT2D eigenvalue weighted by atomic mass is 10.1. The quantitative estimate of drug-likeness (QED) is 0.163. The number of carbonyl (C=O) groups is 3. The van der Waals surface area contributed by atoms with Gasteiger partial charge in [0.15, 0.2) is 4.73 Å². The number of aromatic amines is 1. The molecule has 4 aromatic heterocycles. The Bertz CT molecular complexity index is 2820. The second-order valence-corrected chi connectivity index (χ2v) is 19.5. The van der Waals surface area contributed by atoms with E-state index in [1.807, 2.05) is 25.7 Å². The SMILES string of the molecule is CC(C)(C)OC(=O)N1CCN(c2c(CCO)nc3nc(Br)[nH]n3c2=O)CC1.Cc1cc(C(F)(F)F)ccc1NC(=O)Cn1c(CCO)c(N2CCN(C(=O)OC(C)(C)C)CC2)c(=O)n2nc(Br)nc12. The maximum Gasteiger partial charge on any atom is 0.416 e. The van der Waals surface area contributed by atoms with Gasteiger partial charge in [0.2, 0.25) is 16.4 Å². The first kappa shape index (κ1) is 52.6. The van der Waals surface area contributed by atoms with E-state index in [9.17, 15) is 47.4 Å². The van der Waals surface area contributed by atoms with Gasteiger partial charge < -0.3 is 49.2 Å². The minimum atomic E-state index is -4.52. The van der Waals surface area contributed by atoms with Gasteiger partial charge >= 0.3 is 18.4 Å². The number of nitrogens with one attached hydrogen (secondary N) is 2. The van der Waals surface area contributed by atoms with Crippen LogP contribution in [-0.2, 0) is 39.8 Å². The lowest BCUT2D eigenvalue weighted by Gasteiger charge is -2.37. The predicted octanol–water partition coefficient (Wildman–Crippen LogP) is 3.98. The number of aliphatic hydroxyl groups is 2. The molecule has 6 heterocycles. The Morgan fingerprint density at radius 2 is 1.33 bits per heavy atom. The average Bonchev–Trinajstić information content (AvgIpc) is 3.84. The van der Waals surface area contributed by atoms with Crippen molar-refractivity contribution in [1.29, 1.82) is 0 Å². The van der Waals surface area contributed by atoms with E-state index in [0.717, 1.165) is 16.6 Å². The number of aliphatic hydroxyl groups excluding tert-OH is 2. The fourth-order valence-electron chi connectivity index (χ4n) is 7.62. The van der Waals surface area contributed by atoms with Crippen molar-refractivity contribution >= 4 is 78.6 Å². The summed E-state index contributed by atoms with van der Waals surface area (Å²) in [7, 11) is 0. The number of halogens is 5. The van der Waals surface area contributed by atoms with Gasteiger partial charge in [-0.25, -0.2) is 14.6 Å². The zero-order valence-corrected chi connectivity index (χ0v) is 42.2. The molecule has 2 fully saturated rings. The molecule has 3 amide bonds. The van der Waals surface area contributed by atoms with Gasteiger partial charge in [-0.2, -0.15) is 32.2 Å². The minimum absolute atomic E-state index is 0.00950. The van der Waals surface area contributed by atoms with E-state index in [0.29, 0.717) is 48.0 Å². The summed E-state index contributed by atoms with van der Waals surface area (Å²) >= 11 is 6.37. The molecule has 69 heavy (non-hydrogen) atoms. The van der Waals surface area contributed by atoms with Crippen molar-refractivity contribution in [1.82, 2.24) is 48.5 Å². The molecule has 7 rings (SSSR count). The number of benzene rings is 1. The Hall–Kier alpha value is -5.80. The van der Waals surface area contributed by atoms with Gasteiger partial charge in [-0.3, -0.25) is 19.5 Å². The Balaban J connectivity index is 0.000000249. The first-order valence-electron chi connectivity index (χ1n) is 21.8. The second kappa shape index (κ2) is 21.1. The summed E-state index contributed by atoms with van der Waals surface area (Å²) in [5.41, 5.74) is -1.03. The molecule has 2 saturated heterocycles. The molecule has 0 radical (unpaired) electrons. The molecule has 27 heteroatoms. The molecule has 1 aromatic carbocycles. The second-order valence-electron chi connectivity index (χ2n) is 18.1. The average molecular weight is 1100 g/mol. The van der Waals surface area contributed by atoms with Crippen molar-refractivity contribution in [2.45, 2.75) is 85.2 Å². The molecular formula is C42H54Br2F3N13O9. The van der Waals surface area contributed by atoms with Crippen LogP contribution in [-0.4, -0.2) is 154 Å². The van der Waals surface area contributed by atoms with Crippen LogP contribution < -0.4 is 26.2 Å². The molecule has 4 N–H and O–H groups in total. The van der Waals surface area contributed by atoms with E-state index in [4.69, 9.17) is 9.47 Å². The number of rotatable bonds is 9. The van der Waals surface area contributed by atoms with Crippen molar-refractivity contribution in [3.63, 3.8) is 0 Å². The number of hydrogen-bond acceptors (Lipinski definition) is 15. The number of piperazine rings is 2. The Labute approximate surface area is 409 Å². The molecule has 0 aliphatic carbocycles. The maximum absolute atomic E-state index is 13.6. The highest BCUT2D eigenvalue weighted by Gasteiger charge is 2.33. The van der Waals surface area contributed by atoms with Crippen LogP contribution in [0.2, 0.25) is 0 Å². The van der Waals surface area contributed by atoms with Crippen molar-refractivity contribution in [3.05, 3.63) is 70.9 Å². The molecule has 0 atom stereocenters. The third-order valence-electron chi connectivity index (χ3n) is 10.6. The molecule has 22 nitrogen and oxygen atoms in total. The minimum Gasteiger partial charge on any atom is -0.444 e. The zero-order valence-electron chi connectivity index (χ0n) is 39.0. The van der Waals surface area contributed by atoms with Crippen molar-refractivity contribution in [2.75, 3.05) is 80.7 Å². The number of aromatic nitrogens is 8. The van der Waals surface area contributed by atoms with Gasteiger partial charge in [0, 0.05) is 84.1 Å². The fraction of sp³-hybridized carbons (Fsp3) is 0.548. The Kier molecular flexibility index (Phi) is 16.0. The molecule has 2 aliphatic heterocycles. The lowest BCUT2D eigenvalue weighted by Crippen LogP contribution is -2.52. The van der Waals surface area contributed by atoms with Gasteiger partial charge in [-0.05, 0) is 104 Å². The highest BCUT2D eigenvalue weighted by molar-refractivity contribution is 9.10. The number of alkyl halides is 3. The van der Waals surface area contributed by atoms with Crippen molar-refractivity contribution in [3.8, 4) is 0 Å². The van der Waals surface area contributed by atoms with E-state index in [-0.39, 0.29) is 104 Å². The van der Waals surface area contributed by atoms with E-state index in [1.165, 1.54) is 27.0 Å². The fourth-order valence-corrected chi connectivity index (χ4v) is 8.27. The summed E-state index contributed by atoms with van der Waals surface area (Å²) in [5.74, 6) is -0.320. The maximum atomic E-state index is 13.6. The van der Waals surface area contributed by atoms with E-state index in [2.05, 4.69) is 62.3 Å². The molecule has 376 valence electrons. The summed E-state index contributed by atoms with van der Waals surface area (Å²) in [6.45, 7) is 14.2. The lowest BCUT2D eigenvalue weighted by molar-refractivity contribution is -0.137. The molecule has 2 aliphatic rings. The molecule has 0 unspecified atom stereocenters. The number of aryl methyl sites for hydroxylation is 1. The monoisotopic (exact) mass is 1100 g/mol. The number of anilines is 3. The van der Waals surface area contributed by atoms with Crippen LogP contribution in [0.5, 0.6) is 0 Å². The summed E-state index contributed by atoms with van der Waals surface area (Å²) in [6, 6.07) is 2.99. The molecule has 0 spiro atoms.